The van der Waals surface area contributed by atoms with Gasteiger partial charge in [-0.1, -0.05) is 62.8 Å². The third-order valence-electron chi connectivity index (χ3n) is 5.87. The fourth-order valence-electron chi connectivity index (χ4n) is 4.51. The normalized spacial score (nSPS) is 37.3. The number of benzene rings is 1. The minimum absolute atomic E-state index is 0.264. The molecule has 1 aliphatic heterocycles. The van der Waals surface area contributed by atoms with Gasteiger partial charge in [0, 0.05) is 5.41 Å². The molecule has 3 fully saturated rings. The maximum absolute atomic E-state index is 12.9. The molecule has 1 heterocycles. The second-order valence-electron chi connectivity index (χ2n) is 7.37. The fourth-order valence-corrected chi connectivity index (χ4v) is 5.47. The van der Waals surface area contributed by atoms with E-state index in [0.717, 1.165) is 11.1 Å². The predicted molar refractivity (Wildman–Crippen MR) is 83.2 cm³/mol. The van der Waals surface area contributed by atoms with Crippen molar-refractivity contribution in [2.75, 3.05) is 0 Å². The summed E-state index contributed by atoms with van der Waals surface area (Å²) in [6, 6.07) is 9.76. The van der Waals surface area contributed by atoms with Crippen molar-refractivity contribution in [3.05, 3.63) is 41.5 Å². The fraction of sp³-hybridized carbons (Fsp3) is 0.471. The van der Waals surface area contributed by atoms with Gasteiger partial charge in [-0.15, -0.1) is 0 Å². The van der Waals surface area contributed by atoms with Crippen LogP contribution in [0.1, 0.15) is 32.8 Å². The van der Waals surface area contributed by atoms with E-state index in [1.54, 1.807) is 0 Å². The summed E-state index contributed by atoms with van der Waals surface area (Å²) in [7, 11) is -4.05. The van der Waals surface area contributed by atoms with Gasteiger partial charge in [0.05, 0.1) is 5.92 Å². The highest BCUT2D eigenvalue weighted by molar-refractivity contribution is 7.83. The average molecular weight is 334 g/mol. The van der Waals surface area contributed by atoms with Gasteiger partial charge in [-0.05, 0) is 17.4 Å². The molecule has 6 heteroatoms. The first-order chi connectivity index (χ1) is 10.6. The number of fused-ring (bicyclic) bond motifs is 3. The largest absolute Gasteiger partial charge is 0.406 e. The minimum atomic E-state index is -4.05. The molecule has 2 aliphatic carbocycles. The van der Waals surface area contributed by atoms with E-state index in [2.05, 4.69) is 0 Å². The number of carbonyl (C=O) groups excluding carboxylic acids is 1. The van der Waals surface area contributed by atoms with E-state index in [1.165, 1.54) is 0 Å². The summed E-state index contributed by atoms with van der Waals surface area (Å²) in [6.07, 6.45) is 2.61. The monoisotopic (exact) mass is 334 g/mol. The average Bonchev–Trinajstić information content (AvgIpc) is 2.69. The molecule has 4 rings (SSSR count). The van der Waals surface area contributed by atoms with Gasteiger partial charge >= 0.3 is 10.4 Å². The van der Waals surface area contributed by atoms with Crippen LogP contribution in [0.5, 0.6) is 0 Å². The topological polar surface area (TPSA) is 69.7 Å². The lowest BCUT2D eigenvalue weighted by molar-refractivity contribution is -0.210. The van der Waals surface area contributed by atoms with Crippen LogP contribution in [-0.2, 0) is 23.6 Å². The lowest BCUT2D eigenvalue weighted by Gasteiger charge is -2.42. The molecule has 0 amide bonds. The molecule has 0 N–H and O–H groups in total. The standard InChI is InChI=1S/C17H18O5S/c1-15(2)13-12(9-11-7-5-4-6-8-11)10-16(15,3)14(18)17(13)21-23(19,20)22-17/h4-9,13H,10H2,1-3H3/b12-9+. The molecule has 1 spiro atoms. The van der Waals surface area contributed by atoms with Crippen LogP contribution in [0.4, 0.5) is 0 Å². The van der Waals surface area contributed by atoms with Crippen molar-refractivity contribution in [1.82, 2.24) is 0 Å². The van der Waals surface area contributed by atoms with Gasteiger partial charge in [0.1, 0.15) is 0 Å². The number of rotatable bonds is 1. The molecule has 2 saturated carbocycles. The Labute approximate surface area is 135 Å². The molecule has 0 aromatic heterocycles. The number of ketones is 1. The molecule has 1 saturated heterocycles. The maximum atomic E-state index is 12.9. The molecule has 23 heavy (non-hydrogen) atoms. The Morgan fingerprint density at radius 1 is 1.13 bits per heavy atom. The maximum Gasteiger partial charge on any atom is 0.406 e. The first-order valence-corrected chi connectivity index (χ1v) is 8.92. The van der Waals surface area contributed by atoms with Crippen LogP contribution in [-0.4, -0.2) is 20.0 Å². The molecule has 3 aliphatic rings. The predicted octanol–water partition coefficient (Wildman–Crippen LogP) is 2.69. The van der Waals surface area contributed by atoms with Gasteiger partial charge < -0.3 is 0 Å². The first-order valence-electron chi connectivity index (χ1n) is 7.59. The van der Waals surface area contributed by atoms with Crippen molar-refractivity contribution >= 4 is 22.3 Å². The highest BCUT2D eigenvalue weighted by Gasteiger charge is 2.82. The lowest BCUT2D eigenvalue weighted by Crippen LogP contribution is -2.61. The number of hydrogen-bond acceptors (Lipinski definition) is 5. The van der Waals surface area contributed by atoms with Crippen molar-refractivity contribution in [1.29, 1.82) is 0 Å². The van der Waals surface area contributed by atoms with Gasteiger partial charge in [0.25, 0.3) is 5.79 Å². The Bertz CT molecular complexity index is 825. The second-order valence-corrected chi connectivity index (χ2v) is 8.51. The second kappa shape index (κ2) is 4.12. The molecule has 1 aromatic rings. The van der Waals surface area contributed by atoms with Crippen LogP contribution in [0.25, 0.3) is 6.08 Å². The van der Waals surface area contributed by atoms with Gasteiger partial charge in [0.2, 0.25) is 5.78 Å². The van der Waals surface area contributed by atoms with Crippen LogP contribution in [0, 0.1) is 16.7 Å². The molecular formula is C17H18O5S. The summed E-state index contributed by atoms with van der Waals surface area (Å²) in [5, 5.41) is 0. The molecule has 2 unspecified atom stereocenters. The van der Waals surface area contributed by atoms with Crippen LogP contribution in [0.15, 0.2) is 35.9 Å². The Kier molecular flexibility index (Phi) is 2.70. The van der Waals surface area contributed by atoms with Gasteiger partial charge in [-0.25, -0.2) is 8.37 Å². The zero-order valence-corrected chi connectivity index (χ0v) is 14.0. The molecule has 2 atom stereocenters. The number of hydrogen-bond donors (Lipinski definition) is 0. The van der Waals surface area contributed by atoms with E-state index in [4.69, 9.17) is 8.37 Å². The van der Waals surface area contributed by atoms with Gasteiger partial charge in [-0.2, -0.15) is 8.42 Å². The Morgan fingerprint density at radius 3 is 2.26 bits per heavy atom. The minimum Gasteiger partial charge on any atom is -0.293 e. The van der Waals surface area contributed by atoms with Crippen LogP contribution < -0.4 is 0 Å². The SMILES string of the molecule is CC12C/C(=C\c3ccccc3)C(C3(OS(=O)(=O)O3)C1=O)C2(C)C. The van der Waals surface area contributed by atoms with E-state index in [1.807, 2.05) is 57.2 Å². The summed E-state index contributed by atoms with van der Waals surface area (Å²) < 4.78 is 33.0. The van der Waals surface area contributed by atoms with Gasteiger partial charge in [-0.3, -0.25) is 4.79 Å². The van der Waals surface area contributed by atoms with E-state index in [9.17, 15) is 13.2 Å². The number of Topliss-reactive ketones (excluding diaryl/α,β-unsaturated/α-hetero) is 1. The third-order valence-corrected chi connectivity index (χ3v) is 6.78. The summed E-state index contributed by atoms with van der Waals surface area (Å²) in [5.74, 6) is -2.34. The zero-order valence-electron chi connectivity index (χ0n) is 13.2. The van der Waals surface area contributed by atoms with Crippen molar-refractivity contribution in [3.8, 4) is 0 Å². The van der Waals surface area contributed by atoms with E-state index in [0.29, 0.717) is 6.42 Å². The Balaban J connectivity index is 1.85. The smallest absolute Gasteiger partial charge is 0.293 e. The van der Waals surface area contributed by atoms with Crippen molar-refractivity contribution < 1.29 is 21.6 Å². The first kappa shape index (κ1) is 15.1. The molecule has 1 aromatic carbocycles. The molecular weight excluding hydrogens is 316 g/mol. The Morgan fingerprint density at radius 2 is 1.74 bits per heavy atom. The lowest BCUT2D eigenvalue weighted by atomic mass is 9.70. The van der Waals surface area contributed by atoms with Crippen molar-refractivity contribution in [3.63, 3.8) is 0 Å². The van der Waals surface area contributed by atoms with Crippen LogP contribution in [0.3, 0.4) is 0 Å². The summed E-state index contributed by atoms with van der Waals surface area (Å²) in [5.41, 5.74) is 0.868. The Hall–Kier alpha value is -1.50. The third kappa shape index (κ3) is 1.69. The van der Waals surface area contributed by atoms with E-state index >= 15 is 0 Å². The summed E-state index contributed by atoms with van der Waals surface area (Å²) in [4.78, 5) is 12.9. The van der Waals surface area contributed by atoms with Crippen molar-refractivity contribution in [2.24, 2.45) is 16.7 Å². The van der Waals surface area contributed by atoms with E-state index in [-0.39, 0.29) is 5.78 Å². The zero-order chi connectivity index (χ0) is 16.7. The number of carbonyl (C=O) groups is 1. The van der Waals surface area contributed by atoms with Gasteiger partial charge in [0.15, 0.2) is 0 Å². The van der Waals surface area contributed by atoms with Crippen LogP contribution >= 0.6 is 0 Å². The molecule has 2 bridgehead atoms. The summed E-state index contributed by atoms with van der Waals surface area (Å²) in [6.45, 7) is 5.84. The van der Waals surface area contributed by atoms with Crippen LogP contribution in [0.2, 0.25) is 0 Å². The molecule has 5 nitrogen and oxygen atoms in total. The molecule has 122 valence electrons. The molecule has 0 radical (unpaired) electrons. The quantitative estimate of drug-likeness (QED) is 0.790. The highest BCUT2D eigenvalue weighted by Crippen LogP contribution is 2.72. The summed E-state index contributed by atoms with van der Waals surface area (Å²) >= 11 is 0. The van der Waals surface area contributed by atoms with E-state index < -0.39 is 32.9 Å². The highest BCUT2D eigenvalue weighted by atomic mass is 32.3. The van der Waals surface area contributed by atoms with Crippen molar-refractivity contribution in [2.45, 2.75) is 33.0 Å².